The van der Waals surface area contributed by atoms with Crippen LogP contribution >= 0.6 is 11.3 Å². The van der Waals surface area contributed by atoms with Gasteiger partial charge in [0.15, 0.2) is 20.9 Å². The van der Waals surface area contributed by atoms with E-state index in [1.165, 1.54) is 19.9 Å². The van der Waals surface area contributed by atoms with Crippen LogP contribution in [-0.2, 0) is 24.2 Å². The maximum absolute atomic E-state index is 15.2. The van der Waals surface area contributed by atoms with Gasteiger partial charge < -0.3 is 15.5 Å². The van der Waals surface area contributed by atoms with E-state index in [4.69, 9.17) is 0 Å². The molecule has 39 heavy (non-hydrogen) atoms. The molecular weight excluding hydrogens is 543 g/mol. The number of fused-ring (bicyclic) bond motifs is 1. The topological polar surface area (TPSA) is 126 Å². The number of anilines is 1. The molecule has 12 heteroatoms. The van der Waals surface area contributed by atoms with Gasteiger partial charge in [-0.15, -0.1) is 11.3 Å². The maximum atomic E-state index is 15.2. The van der Waals surface area contributed by atoms with Crippen LogP contribution < -0.4 is 15.5 Å². The van der Waals surface area contributed by atoms with Gasteiger partial charge in [0.05, 0.1) is 16.5 Å². The minimum absolute atomic E-state index is 0.0266. The van der Waals surface area contributed by atoms with Gasteiger partial charge in [0.25, 0.3) is 0 Å². The summed E-state index contributed by atoms with van der Waals surface area (Å²) in [5.41, 5.74) is 2.02. The number of carbonyl (C=O) groups is 3. The molecule has 2 fully saturated rings. The highest BCUT2D eigenvalue weighted by Crippen LogP contribution is 2.37. The van der Waals surface area contributed by atoms with Crippen LogP contribution in [0.25, 0.3) is 21.3 Å². The van der Waals surface area contributed by atoms with E-state index in [2.05, 4.69) is 15.6 Å². The van der Waals surface area contributed by atoms with Gasteiger partial charge in [-0.2, -0.15) is 0 Å². The molecular formula is C27H29FN4O5S2. The fourth-order valence-electron chi connectivity index (χ4n) is 4.48. The highest BCUT2D eigenvalue weighted by atomic mass is 32.2. The lowest BCUT2D eigenvalue weighted by atomic mass is 10.0. The summed E-state index contributed by atoms with van der Waals surface area (Å²) in [4.78, 5) is 43.1. The number of amides is 3. The molecule has 0 radical (unpaired) electrons. The number of sulfone groups is 1. The average molecular weight is 573 g/mol. The number of thiazole rings is 1. The van der Waals surface area contributed by atoms with E-state index in [-0.39, 0.29) is 29.0 Å². The summed E-state index contributed by atoms with van der Waals surface area (Å²) in [5.74, 6) is -1.84. The third kappa shape index (κ3) is 5.67. The van der Waals surface area contributed by atoms with E-state index < -0.39 is 38.0 Å². The van der Waals surface area contributed by atoms with Crippen molar-refractivity contribution >= 4 is 54.8 Å². The smallest absolute Gasteiger partial charge is 0.245 e. The van der Waals surface area contributed by atoms with Crippen LogP contribution in [0.5, 0.6) is 0 Å². The van der Waals surface area contributed by atoms with E-state index in [1.54, 1.807) is 23.1 Å². The first-order chi connectivity index (χ1) is 18.5. The molecule has 1 unspecified atom stereocenters. The van der Waals surface area contributed by atoms with Gasteiger partial charge in [0.2, 0.25) is 17.7 Å². The lowest BCUT2D eigenvalue weighted by Crippen LogP contribution is -2.42. The van der Waals surface area contributed by atoms with E-state index in [9.17, 15) is 22.8 Å². The predicted octanol–water partition coefficient (Wildman–Crippen LogP) is 3.49. The van der Waals surface area contributed by atoms with E-state index >= 15 is 4.39 Å². The van der Waals surface area contributed by atoms with Crippen molar-refractivity contribution in [1.29, 1.82) is 0 Å². The minimum atomic E-state index is -4.04. The van der Waals surface area contributed by atoms with E-state index in [0.717, 1.165) is 36.3 Å². The number of hydrogen-bond acceptors (Lipinski definition) is 7. The molecule has 1 saturated carbocycles. The Morgan fingerprint density at radius 1 is 1.15 bits per heavy atom. The third-order valence-electron chi connectivity index (χ3n) is 6.86. The van der Waals surface area contributed by atoms with Crippen molar-refractivity contribution in [3.05, 3.63) is 47.2 Å². The summed E-state index contributed by atoms with van der Waals surface area (Å²) in [7, 11) is -4.04. The molecule has 2 heterocycles. The molecule has 1 saturated heterocycles. The molecule has 0 bridgehead atoms. The molecule has 1 atom stereocenters. The Kier molecular flexibility index (Phi) is 7.43. The molecule has 9 nitrogen and oxygen atoms in total. The Bertz CT molecular complexity index is 1550. The van der Waals surface area contributed by atoms with Gasteiger partial charge in [-0.05, 0) is 68.5 Å². The van der Waals surface area contributed by atoms with Crippen molar-refractivity contribution < 1.29 is 27.2 Å². The van der Waals surface area contributed by atoms with Crippen molar-refractivity contribution in [3.63, 3.8) is 0 Å². The third-order valence-corrected chi connectivity index (χ3v) is 10.5. The first kappa shape index (κ1) is 27.2. The molecule has 2 aromatic carbocycles. The lowest BCUT2D eigenvalue weighted by molar-refractivity contribution is -0.126. The molecule has 206 valence electrons. The molecule has 3 amide bonds. The number of rotatable bonds is 9. The number of nitrogens with one attached hydrogen (secondary N) is 2. The quantitative estimate of drug-likeness (QED) is 0.404. The highest BCUT2D eigenvalue weighted by molar-refractivity contribution is 7.93. The van der Waals surface area contributed by atoms with Crippen LogP contribution in [0.15, 0.2) is 36.4 Å². The van der Waals surface area contributed by atoms with Crippen LogP contribution in [0.1, 0.15) is 49.8 Å². The second-order valence-corrected chi connectivity index (χ2v) is 13.8. The van der Waals surface area contributed by atoms with Crippen molar-refractivity contribution in [2.45, 2.75) is 56.1 Å². The maximum Gasteiger partial charge on any atom is 0.245 e. The van der Waals surface area contributed by atoms with Crippen LogP contribution in [0.2, 0.25) is 0 Å². The zero-order chi connectivity index (χ0) is 27.9. The summed E-state index contributed by atoms with van der Waals surface area (Å²) in [6.45, 7) is 3.23. The van der Waals surface area contributed by atoms with Gasteiger partial charge in [0, 0.05) is 24.7 Å². The van der Waals surface area contributed by atoms with Crippen molar-refractivity contribution in [2.75, 3.05) is 18.0 Å². The highest BCUT2D eigenvalue weighted by Gasteiger charge is 2.39. The molecule has 3 aromatic rings. The lowest BCUT2D eigenvalue weighted by Gasteiger charge is -2.17. The number of nitrogens with zero attached hydrogens (tertiary/aromatic N) is 2. The molecule has 0 spiro atoms. The number of hydrogen-bond donors (Lipinski definition) is 2. The van der Waals surface area contributed by atoms with Gasteiger partial charge in [-0.1, -0.05) is 12.1 Å². The molecule has 1 aliphatic heterocycles. The number of carbonyl (C=O) groups excluding carboxylic acids is 3. The minimum Gasteiger partial charge on any atom is -0.352 e. The first-order valence-electron chi connectivity index (χ1n) is 12.8. The molecule has 1 aliphatic carbocycles. The number of halogens is 1. The zero-order valence-electron chi connectivity index (χ0n) is 21.6. The van der Waals surface area contributed by atoms with Gasteiger partial charge >= 0.3 is 0 Å². The SMILES string of the molecule is CC(C)S(=O)(=O)C(C(=O)NCC(=O)NC1CC1)c1nc2c(F)cc(-c3ccc(N4CCCC4=O)cc3)cc2s1. The standard InChI is InChI=1S/C27H29FN4O5S2/c1-15(2)39(36,37)25(26(35)29-14-22(33)30-18-7-8-18)27-31-24-20(28)12-17(13-21(24)38-27)16-5-9-19(10-6-16)32-11-3-4-23(32)34/h5-6,9-10,12-13,15,18,25H,3-4,7-8,11,14H2,1-2H3,(H,29,35)(H,30,33). The largest absolute Gasteiger partial charge is 0.352 e. The van der Waals surface area contributed by atoms with Gasteiger partial charge in [-0.25, -0.2) is 17.8 Å². The van der Waals surface area contributed by atoms with Gasteiger partial charge in [0.1, 0.15) is 10.5 Å². The van der Waals surface area contributed by atoms with Crippen LogP contribution in [0.4, 0.5) is 10.1 Å². The normalized spacial score (nSPS) is 16.6. The fourth-order valence-corrected chi connectivity index (χ4v) is 7.29. The number of aromatic nitrogens is 1. The van der Waals surface area contributed by atoms with Crippen molar-refractivity contribution in [2.24, 2.45) is 0 Å². The predicted molar refractivity (Wildman–Crippen MR) is 148 cm³/mol. The zero-order valence-corrected chi connectivity index (χ0v) is 23.2. The summed E-state index contributed by atoms with van der Waals surface area (Å²) < 4.78 is 42.0. The summed E-state index contributed by atoms with van der Waals surface area (Å²) in [6.07, 6.45) is 3.10. The van der Waals surface area contributed by atoms with E-state index in [0.29, 0.717) is 28.8 Å². The second kappa shape index (κ2) is 10.6. The number of benzene rings is 2. The van der Waals surface area contributed by atoms with E-state index in [1.807, 2.05) is 12.1 Å². The van der Waals surface area contributed by atoms with Crippen LogP contribution in [-0.4, -0.2) is 55.5 Å². The van der Waals surface area contributed by atoms with Crippen molar-refractivity contribution in [1.82, 2.24) is 15.6 Å². The molecule has 2 aliphatic rings. The second-order valence-electron chi connectivity index (χ2n) is 10.1. The van der Waals surface area contributed by atoms with Crippen LogP contribution in [0.3, 0.4) is 0 Å². The van der Waals surface area contributed by atoms with Crippen molar-refractivity contribution in [3.8, 4) is 11.1 Å². The Balaban J connectivity index is 1.44. The first-order valence-corrected chi connectivity index (χ1v) is 15.3. The Labute approximate surface area is 229 Å². The molecule has 1 aromatic heterocycles. The monoisotopic (exact) mass is 572 g/mol. The fraction of sp³-hybridized carbons (Fsp3) is 0.407. The summed E-state index contributed by atoms with van der Waals surface area (Å²) >= 11 is 0.935. The summed E-state index contributed by atoms with van der Waals surface area (Å²) in [6, 6.07) is 10.4. The Morgan fingerprint density at radius 2 is 1.87 bits per heavy atom. The Morgan fingerprint density at radius 3 is 2.49 bits per heavy atom. The molecule has 2 N–H and O–H groups in total. The van der Waals surface area contributed by atoms with Crippen LogP contribution in [0, 0.1) is 5.82 Å². The molecule has 5 rings (SSSR count). The van der Waals surface area contributed by atoms with Gasteiger partial charge in [-0.3, -0.25) is 14.4 Å². The summed E-state index contributed by atoms with van der Waals surface area (Å²) in [5, 5.41) is 2.52. The Hall–Kier alpha value is -3.38. The average Bonchev–Trinajstić information content (AvgIpc) is 3.43.